The van der Waals surface area contributed by atoms with Crippen molar-refractivity contribution < 1.29 is 4.79 Å². The Morgan fingerprint density at radius 1 is 1.23 bits per heavy atom. The number of anilines is 2. The van der Waals surface area contributed by atoms with Crippen LogP contribution in [0.2, 0.25) is 10.0 Å². The molecule has 0 saturated heterocycles. The Morgan fingerprint density at radius 3 is 2.68 bits per heavy atom. The number of nitrogens with one attached hydrogen (secondary N) is 2. The van der Waals surface area contributed by atoms with Crippen LogP contribution >= 0.6 is 23.2 Å². The molecule has 0 saturated carbocycles. The zero-order valence-electron chi connectivity index (χ0n) is 12.4. The van der Waals surface area contributed by atoms with Gasteiger partial charge in [-0.25, -0.2) is 0 Å². The summed E-state index contributed by atoms with van der Waals surface area (Å²) in [4.78, 5) is 16.4. The lowest BCUT2D eigenvalue weighted by molar-refractivity contribution is 0.102. The van der Waals surface area contributed by atoms with Gasteiger partial charge in [0.15, 0.2) is 0 Å². The molecule has 6 heteroatoms. The molecule has 0 aliphatic rings. The Hall–Kier alpha value is -1.78. The number of aromatic nitrogens is 1. The van der Waals surface area contributed by atoms with Crippen LogP contribution in [0.5, 0.6) is 0 Å². The first-order valence-corrected chi connectivity index (χ1v) is 7.66. The first-order valence-electron chi connectivity index (χ1n) is 6.91. The number of rotatable bonds is 5. The smallest absolute Gasteiger partial charge is 0.257 e. The zero-order chi connectivity index (χ0) is 16.1. The molecule has 0 radical (unpaired) electrons. The summed E-state index contributed by atoms with van der Waals surface area (Å²) < 4.78 is 0. The number of nitrogens with zero attached hydrogens (tertiary/aromatic N) is 1. The number of carbonyl (C=O) groups is 1. The van der Waals surface area contributed by atoms with Crippen LogP contribution in [0.4, 0.5) is 11.4 Å². The van der Waals surface area contributed by atoms with E-state index in [-0.39, 0.29) is 5.91 Å². The van der Waals surface area contributed by atoms with Crippen molar-refractivity contribution in [2.45, 2.75) is 13.8 Å². The minimum atomic E-state index is -0.273. The monoisotopic (exact) mass is 337 g/mol. The third-order valence-corrected chi connectivity index (χ3v) is 3.44. The molecular weight excluding hydrogens is 321 g/mol. The molecule has 1 heterocycles. The van der Waals surface area contributed by atoms with E-state index in [2.05, 4.69) is 29.5 Å². The van der Waals surface area contributed by atoms with Crippen molar-refractivity contribution >= 4 is 40.5 Å². The van der Waals surface area contributed by atoms with E-state index in [1.165, 1.54) is 6.20 Å². The molecule has 0 bridgehead atoms. The molecule has 0 fully saturated rings. The normalized spacial score (nSPS) is 10.6. The lowest BCUT2D eigenvalue weighted by Crippen LogP contribution is -2.14. The van der Waals surface area contributed by atoms with Gasteiger partial charge in [0, 0.05) is 24.0 Å². The third-order valence-electron chi connectivity index (χ3n) is 2.89. The Morgan fingerprint density at radius 2 is 2.00 bits per heavy atom. The average Bonchev–Trinajstić information content (AvgIpc) is 2.48. The summed E-state index contributed by atoms with van der Waals surface area (Å²) in [5.74, 6) is 0.232. The quantitative estimate of drug-likeness (QED) is 0.830. The summed E-state index contributed by atoms with van der Waals surface area (Å²) in [6.07, 6.45) is 3.20. The van der Waals surface area contributed by atoms with Gasteiger partial charge in [0.25, 0.3) is 5.91 Å². The van der Waals surface area contributed by atoms with E-state index in [1.807, 2.05) is 0 Å². The predicted octanol–water partition coefficient (Wildman–Crippen LogP) is 4.71. The Kier molecular flexibility index (Phi) is 5.63. The average molecular weight is 338 g/mol. The van der Waals surface area contributed by atoms with E-state index in [1.54, 1.807) is 30.5 Å². The highest BCUT2D eigenvalue weighted by atomic mass is 35.5. The molecule has 0 aliphatic carbocycles. The number of carbonyl (C=O) groups excluding carboxylic acids is 1. The molecule has 2 aromatic rings. The van der Waals surface area contributed by atoms with Gasteiger partial charge in [-0.15, -0.1) is 0 Å². The molecule has 4 nitrogen and oxygen atoms in total. The molecule has 0 atom stereocenters. The zero-order valence-corrected chi connectivity index (χ0v) is 13.9. The summed E-state index contributed by atoms with van der Waals surface area (Å²) in [6.45, 7) is 5.04. The SMILES string of the molecule is CC(C)CNc1cncc(C(=O)Nc2ccc(Cl)cc2Cl)c1. The fourth-order valence-electron chi connectivity index (χ4n) is 1.77. The van der Waals surface area contributed by atoms with Gasteiger partial charge in [0.2, 0.25) is 0 Å². The standard InChI is InChI=1S/C16H17Cl2N3O/c1-10(2)7-20-13-5-11(8-19-9-13)16(22)21-15-4-3-12(17)6-14(15)18/h3-6,8-10,20H,7H2,1-2H3,(H,21,22). The highest BCUT2D eigenvalue weighted by Gasteiger charge is 2.10. The van der Waals surface area contributed by atoms with Crippen molar-refractivity contribution in [3.8, 4) is 0 Å². The van der Waals surface area contributed by atoms with Gasteiger partial charge in [-0.2, -0.15) is 0 Å². The Bertz CT molecular complexity index is 674. The van der Waals surface area contributed by atoms with E-state index in [0.717, 1.165) is 12.2 Å². The van der Waals surface area contributed by atoms with Crippen molar-refractivity contribution in [1.29, 1.82) is 0 Å². The maximum Gasteiger partial charge on any atom is 0.257 e. The summed E-state index contributed by atoms with van der Waals surface area (Å²) in [5, 5.41) is 6.89. The van der Waals surface area contributed by atoms with E-state index < -0.39 is 0 Å². The minimum absolute atomic E-state index is 0.273. The van der Waals surface area contributed by atoms with Crippen LogP contribution in [-0.2, 0) is 0 Å². The number of halogens is 2. The molecular formula is C16H17Cl2N3O. The molecule has 22 heavy (non-hydrogen) atoms. The molecule has 1 aromatic heterocycles. The van der Waals surface area contributed by atoms with E-state index >= 15 is 0 Å². The van der Waals surface area contributed by atoms with Crippen LogP contribution in [0.15, 0.2) is 36.7 Å². The van der Waals surface area contributed by atoms with Crippen LogP contribution in [0.25, 0.3) is 0 Å². The van der Waals surface area contributed by atoms with Gasteiger partial charge in [-0.3, -0.25) is 9.78 Å². The van der Waals surface area contributed by atoms with Crippen molar-refractivity contribution in [2.24, 2.45) is 5.92 Å². The van der Waals surface area contributed by atoms with Crippen molar-refractivity contribution in [2.75, 3.05) is 17.2 Å². The molecule has 116 valence electrons. The van der Waals surface area contributed by atoms with Crippen LogP contribution in [0.1, 0.15) is 24.2 Å². The van der Waals surface area contributed by atoms with Crippen molar-refractivity contribution in [1.82, 2.24) is 4.98 Å². The van der Waals surface area contributed by atoms with Gasteiger partial charge in [-0.05, 0) is 30.2 Å². The van der Waals surface area contributed by atoms with Crippen LogP contribution in [0, 0.1) is 5.92 Å². The van der Waals surface area contributed by atoms with Crippen molar-refractivity contribution in [3.05, 3.63) is 52.3 Å². The third kappa shape index (κ3) is 4.61. The number of hydrogen-bond donors (Lipinski definition) is 2. The predicted molar refractivity (Wildman–Crippen MR) is 92.0 cm³/mol. The molecule has 2 N–H and O–H groups in total. The lowest BCUT2D eigenvalue weighted by Gasteiger charge is -2.11. The molecule has 1 aromatic carbocycles. The molecule has 0 spiro atoms. The number of pyridine rings is 1. The van der Waals surface area contributed by atoms with Crippen LogP contribution in [0.3, 0.4) is 0 Å². The highest BCUT2D eigenvalue weighted by molar-refractivity contribution is 6.36. The molecule has 2 rings (SSSR count). The molecule has 0 unspecified atom stereocenters. The maximum absolute atomic E-state index is 12.3. The molecule has 0 aliphatic heterocycles. The van der Waals surface area contributed by atoms with Crippen molar-refractivity contribution in [3.63, 3.8) is 0 Å². The highest BCUT2D eigenvalue weighted by Crippen LogP contribution is 2.25. The largest absolute Gasteiger partial charge is 0.384 e. The fraction of sp³-hybridized carbons (Fsp3) is 0.250. The summed E-state index contributed by atoms with van der Waals surface area (Å²) in [7, 11) is 0. The topological polar surface area (TPSA) is 54.0 Å². The van der Waals surface area contributed by atoms with E-state index in [0.29, 0.717) is 27.2 Å². The Balaban J connectivity index is 2.10. The second kappa shape index (κ2) is 7.47. The minimum Gasteiger partial charge on any atom is -0.384 e. The van der Waals surface area contributed by atoms with Crippen LogP contribution < -0.4 is 10.6 Å². The lowest BCUT2D eigenvalue weighted by atomic mass is 10.2. The number of amides is 1. The number of benzene rings is 1. The first-order chi connectivity index (χ1) is 10.5. The van der Waals surface area contributed by atoms with Gasteiger partial charge >= 0.3 is 0 Å². The Labute approximate surface area is 139 Å². The second-order valence-corrected chi connectivity index (χ2v) is 6.16. The second-order valence-electron chi connectivity index (χ2n) is 5.32. The van der Waals surface area contributed by atoms with Gasteiger partial charge in [0.05, 0.1) is 22.0 Å². The maximum atomic E-state index is 12.3. The molecule has 1 amide bonds. The van der Waals surface area contributed by atoms with Gasteiger partial charge in [0.1, 0.15) is 0 Å². The summed E-state index contributed by atoms with van der Waals surface area (Å²) >= 11 is 11.9. The van der Waals surface area contributed by atoms with E-state index in [9.17, 15) is 4.79 Å². The van der Waals surface area contributed by atoms with Gasteiger partial charge < -0.3 is 10.6 Å². The first kappa shape index (κ1) is 16.6. The summed E-state index contributed by atoms with van der Waals surface area (Å²) in [5.41, 5.74) is 1.78. The van der Waals surface area contributed by atoms with Gasteiger partial charge in [-0.1, -0.05) is 37.0 Å². The van der Waals surface area contributed by atoms with Crippen LogP contribution in [-0.4, -0.2) is 17.4 Å². The fourth-order valence-corrected chi connectivity index (χ4v) is 2.22. The van der Waals surface area contributed by atoms with E-state index in [4.69, 9.17) is 23.2 Å². The summed E-state index contributed by atoms with van der Waals surface area (Å²) in [6, 6.07) is 6.67. The number of hydrogen-bond acceptors (Lipinski definition) is 3.